The molecule has 2 fully saturated rings. The molecule has 0 aromatic heterocycles. The second-order valence-corrected chi connectivity index (χ2v) is 5.59. The van der Waals surface area contributed by atoms with Crippen molar-refractivity contribution < 1.29 is 4.74 Å². The van der Waals surface area contributed by atoms with E-state index in [-0.39, 0.29) is 0 Å². The van der Waals surface area contributed by atoms with E-state index in [1.54, 1.807) is 0 Å². The van der Waals surface area contributed by atoms with Crippen LogP contribution in [0.4, 0.5) is 0 Å². The molecular formula is C12H23NO. The van der Waals surface area contributed by atoms with Gasteiger partial charge in [0.15, 0.2) is 0 Å². The van der Waals surface area contributed by atoms with Crippen LogP contribution in [-0.2, 0) is 4.74 Å². The average Bonchev–Trinajstić information content (AvgIpc) is 2.78. The summed E-state index contributed by atoms with van der Waals surface area (Å²) < 4.78 is 5.57. The molecule has 0 aromatic rings. The van der Waals surface area contributed by atoms with Gasteiger partial charge in [-0.3, -0.25) is 0 Å². The lowest BCUT2D eigenvalue weighted by Gasteiger charge is -2.31. The Kier molecular flexibility index (Phi) is 2.85. The van der Waals surface area contributed by atoms with E-state index >= 15 is 0 Å². The molecule has 0 aromatic carbocycles. The first-order chi connectivity index (χ1) is 6.65. The van der Waals surface area contributed by atoms with Crippen LogP contribution in [0.1, 0.15) is 33.1 Å². The SMILES string of the molecule is CNC(C1CCCOC1)C1CC1(C)C. The lowest BCUT2D eigenvalue weighted by Crippen LogP contribution is -2.40. The molecule has 3 atom stereocenters. The Balaban J connectivity index is 1.92. The molecule has 2 aliphatic rings. The largest absolute Gasteiger partial charge is 0.381 e. The molecule has 1 saturated heterocycles. The van der Waals surface area contributed by atoms with E-state index in [4.69, 9.17) is 4.74 Å². The summed E-state index contributed by atoms with van der Waals surface area (Å²) in [7, 11) is 2.10. The first-order valence-corrected chi connectivity index (χ1v) is 5.90. The van der Waals surface area contributed by atoms with Gasteiger partial charge in [-0.1, -0.05) is 13.8 Å². The number of ether oxygens (including phenoxy) is 1. The third-order valence-corrected chi connectivity index (χ3v) is 4.06. The minimum atomic E-state index is 0.575. The van der Waals surface area contributed by atoms with Crippen LogP contribution in [0.3, 0.4) is 0 Å². The van der Waals surface area contributed by atoms with Crippen LogP contribution in [0, 0.1) is 17.3 Å². The van der Waals surface area contributed by atoms with Gasteiger partial charge in [0.1, 0.15) is 0 Å². The highest BCUT2D eigenvalue weighted by molar-refractivity contribution is 5.03. The van der Waals surface area contributed by atoms with Crippen LogP contribution in [-0.4, -0.2) is 26.3 Å². The Bertz CT molecular complexity index is 196. The molecule has 2 rings (SSSR count). The van der Waals surface area contributed by atoms with Crippen molar-refractivity contribution >= 4 is 0 Å². The fourth-order valence-corrected chi connectivity index (χ4v) is 2.94. The summed E-state index contributed by atoms with van der Waals surface area (Å²) in [6.45, 7) is 6.70. The predicted molar refractivity (Wildman–Crippen MR) is 58.3 cm³/mol. The third kappa shape index (κ3) is 1.96. The minimum Gasteiger partial charge on any atom is -0.381 e. The molecule has 1 N–H and O–H groups in total. The zero-order chi connectivity index (χ0) is 10.2. The van der Waals surface area contributed by atoms with Gasteiger partial charge in [-0.2, -0.15) is 0 Å². The van der Waals surface area contributed by atoms with Crippen LogP contribution in [0.25, 0.3) is 0 Å². The molecule has 1 aliphatic heterocycles. The van der Waals surface area contributed by atoms with Gasteiger partial charge in [0.05, 0.1) is 6.61 Å². The lowest BCUT2D eigenvalue weighted by atomic mass is 9.88. The van der Waals surface area contributed by atoms with E-state index in [0.29, 0.717) is 11.5 Å². The van der Waals surface area contributed by atoms with Crippen molar-refractivity contribution in [1.29, 1.82) is 0 Å². The van der Waals surface area contributed by atoms with Crippen LogP contribution in [0.2, 0.25) is 0 Å². The Labute approximate surface area is 87.4 Å². The summed E-state index contributed by atoms with van der Waals surface area (Å²) in [6.07, 6.45) is 3.98. The van der Waals surface area contributed by atoms with Crippen molar-refractivity contribution in [3.8, 4) is 0 Å². The van der Waals surface area contributed by atoms with Crippen LogP contribution in [0.15, 0.2) is 0 Å². The summed E-state index contributed by atoms with van der Waals surface area (Å²) in [6, 6.07) is 0.685. The maximum absolute atomic E-state index is 5.57. The van der Waals surface area contributed by atoms with Gasteiger partial charge in [0, 0.05) is 12.6 Å². The first-order valence-electron chi connectivity index (χ1n) is 5.90. The number of hydrogen-bond acceptors (Lipinski definition) is 2. The van der Waals surface area contributed by atoms with Crippen LogP contribution < -0.4 is 5.32 Å². The molecular weight excluding hydrogens is 174 g/mol. The Morgan fingerprint density at radius 1 is 1.43 bits per heavy atom. The van der Waals surface area contributed by atoms with Gasteiger partial charge in [0.2, 0.25) is 0 Å². The van der Waals surface area contributed by atoms with E-state index in [1.165, 1.54) is 19.3 Å². The maximum Gasteiger partial charge on any atom is 0.0509 e. The van der Waals surface area contributed by atoms with E-state index in [0.717, 1.165) is 25.0 Å². The van der Waals surface area contributed by atoms with Crippen molar-refractivity contribution in [2.75, 3.05) is 20.3 Å². The highest BCUT2D eigenvalue weighted by Crippen LogP contribution is 2.55. The smallest absolute Gasteiger partial charge is 0.0509 e. The summed E-state index contributed by atoms with van der Waals surface area (Å²) in [4.78, 5) is 0. The van der Waals surface area contributed by atoms with Crippen molar-refractivity contribution in [3.63, 3.8) is 0 Å². The maximum atomic E-state index is 5.57. The molecule has 1 heterocycles. The van der Waals surface area contributed by atoms with Crippen LogP contribution >= 0.6 is 0 Å². The van der Waals surface area contributed by atoms with Crippen molar-refractivity contribution in [2.45, 2.75) is 39.2 Å². The van der Waals surface area contributed by atoms with Crippen LogP contribution in [0.5, 0.6) is 0 Å². The quantitative estimate of drug-likeness (QED) is 0.747. The number of hydrogen-bond donors (Lipinski definition) is 1. The normalized spacial score (nSPS) is 37.9. The average molecular weight is 197 g/mol. The lowest BCUT2D eigenvalue weighted by molar-refractivity contribution is 0.0350. The van der Waals surface area contributed by atoms with Crippen molar-refractivity contribution in [3.05, 3.63) is 0 Å². The molecule has 0 bridgehead atoms. The van der Waals surface area contributed by atoms with Crippen molar-refractivity contribution in [1.82, 2.24) is 5.32 Å². The zero-order valence-corrected chi connectivity index (χ0v) is 9.68. The second-order valence-electron chi connectivity index (χ2n) is 5.59. The van der Waals surface area contributed by atoms with Gasteiger partial charge in [-0.15, -0.1) is 0 Å². The molecule has 0 spiro atoms. The molecule has 1 aliphatic carbocycles. The fraction of sp³-hybridized carbons (Fsp3) is 1.00. The number of rotatable bonds is 3. The standard InChI is InChI=1S/C12H23NO/c1-12(2)7-10(12)11(13-3)9-5-4-6-14-8-9/h9-11,13H,4-8H2,1-3H3. The molecule has 1 saturated carbocycles. The molecule has 82 valence electrons. The predicted octanol–water partition coefficient (Wildman–Crippen LogP) is 2.05. The van der Waals surface area contributed by atoms with Gasteiger partial charge in [0.25, 0.3) is 0 Å². The third-order valence-electron chi connectivity index (χ3n) is 4.06. The van der Waals surface area contributed by atoms with E-state index in [9.17, 15) is 0 Å². The molecule has 2 heteroatoms. The first kappa shape index (κ1) is 10.4. The van der Waals surface area contributed by atoms with Gasteiger partial charge < -0.3 is 10.1 Å². The summed E-state index contributed by atoms with van der Waals surface area (Å²) in [5.74, 6) is 1.62. The van der Waals surface area contributed by atoms with E-state index in [1.807, 2.05) is 0 Å². The van der Waals surface area contributed by atoms with E-state index in [2.05, 4.69) is 26.2 Å². The number of nitrogens with one attached hydrogen (secondary N) is 1. The highest BCUT2D eigenvalue weighted by Gasteiger charge is 2.51. The summed E-state index contributed by atoms with van der Waals surface area (Å²) in [5.41, 5.74) is 0.575. The minimum absolute atomic E-state index is 0.575. The second kappa shape index (κ2) is 3.82. The van der Waals surface area contributed by atoms with Crippen molar-refractivity contribution in [2.24, 2.45) is 17.3 Å². The topological polar surface area (TPSA) is 21.3 Å². The highest BCUT2D eigenvalue weighted by atomic mass is 16.5. The summed E-state index contributed by atoms with van der Waals surface area (Å²) >= 11 is 0. The molecule has 0 radical (unpaired) electrons. The summed E-state index contributed by atoms with van der Waals surface area (Å²) in [5, 5.41) is 3.51. The zero-order valence-electron chi connectivity index (χ0n) is 9.68. The Morgan fingerprint density at radius 2 is 2.14 bits per heavy atom. The van der Waals surface area contributed by atoms with Gasteiger partial charge in [-0.05, 0) is 43.6 Å². The molecule has 3 unspecified atom stereocenters. The monoisotopic (exact) mass is 197 g/mol. The van der Waals surface area contributed by atoms with E-state index < -0.39 is 0 Å². The molecule has 2 nitrogen and oxygen atoms in total. The van der Waals surface area contributed by atoms with Gasteiger partial charge >= 0.3 is 0 Å². The Morgan fingerprint density at radius 3 is 2.57 bits per heavy atom. The fourth-order valence-electron chi connectivity index (χ4n) is 2.94. The molecule has 0 amide bonds. The van der Waals surface area contributed by atoms with Gasteiger partial charge in [-0.25, -0.2) is 0 Å². The molecule has 14 heavy (non-hydrogen) atoms. The Hall–Kier alpha value is -0.0800.